The molecule has 2 nitrogen and oxygen atoms in total. The summed E-state index contributed by atoms with van der Waals surface area (Å²) in [6, 6.07) is 4.50. The van der Waals surface area contributed by atoms with Crippen molar-refractivity contribution in [2.45, 2.75) is 11.1 Å². The largest absolute Gasteiger partial charge is 0.549 e. The molecule has 0 aromatic heterocycles. The lowest BCUT2D eigenvalue weighted by Gasteiger charge is -2.08. The second-order valence-corrected chi connectivity index (χ2v) is 3.74. The molecule has 0 saturated heterocycles. The first-order valence-electron chi connectivity index (χ1n) is 3.89. The van der Waals surface area contributed by atoms with Gasteiger partial charge in [0.2, 0.25) is 0 Å². The molecule has 0 radical (unpaired) electrons. The van der Waals surface area contributed by atoms with Gasteiger partial charge in [0, 0.05) is 10.6 Å². The summed E-state index contributed by atoms with van der Waals surface area (Å²) < 4.78 is 36.7. The summed E-state index contributed by atoms with van der Waals surface area (Å²) in [7, 11) is 0. The lowest BCUT2D eigenvalue weighted by molar-refractivity contribution is -0.301. The first-order valence-corrected chi connectivity index (χ1v) is 4.88. The van der Waals surface area contributed by atoms with Gasteiger partial charge in [-0.3, -0.25) is 0 Å². The summed E-state index contributed by atoms with van der Waals surface area (Å²) in [6.45, 7) is 0. The molecule has 0 saturated carbocycles. The van der Waals surface area contributed by atoms with E-state index in [1.54, 1.807) is 0 Å². The minimum Gasteiger partial charge on any atom is -0.549 e. The van der Waals surface area contributed by atoms with Crippen LogP contribution in [0.3, 0.4) is 0 Å². The molecular weight excluding hydrogens is 229 g/mol. The normalized spacial score (nSPS) is 11.4. The van der Waals surface area contributed by atoms with Crippen LogP contribution in [0.15, 0.2) is 29.2 Å². The standard InChI is InChI=1S/C9H7F3O2S/c10-9(11,12)6-2-1-3-7(4-6)15-5-8(13)14/h1-4H,5H2,(H,13,14)/p-1. The zero-order chi connectivity index (χ0) is 11.5. The van der Waals surface area contributed by atoms with E-state index in [-0.39, 0.29) is 10.6 Å². The Morgan fingerprint density at radius 1 is 1.40 bits per heavy atom. The summed E-state index contributed by atoms with van der Waals surface area (Å²) >= 11 is 0.797. The fourth-order valence-corrected chi connectivity index (χ4v) is 1.57. The lowest BCUT2D eigenvalue weighted by atomic mass is 10.2. The second kappa shape index (κ2) is 4.57. The van der Waals surface area contributed by atoms with Gasteiger partial charge in [-0.15, -0.1) is 11.8 Å². The van der Waals surface area contributed by atoms with Crippen molar-refractivity contribution in [1.29, 1.82) is 0 Å². The Morgan fingerprint density at radius 2 is 2.07 bits per heavy atom. The predicted molar refractivity (Wildman–Crippen MR) is 47.2 cm³/mol. The summed E-state index contributed by atoms with van der Waals surface area (Å²) in [4.78, 5) is 10.4. The molecule has 0 N–H and O–H groups in total. The molecule has 6 heteroatoms. The zero-order valence-corrected chi connectivity index (χ0v) is 8.19. The van der Waals surface area contributed by atoms with Gasteiger partial charge in [0.25, 0.3) is 0 Å². The van der Waals surface area contributed by atoms with E-state index >= 15 is 0 Å². The van der Waals surface area contributed by atoms with Crippen LogP contribution in [0.25, 0.3) is 0 Å². The molecule has 1 aromatic rings. The van der Waals surface area contributed by atoms with E-state index in [0.29, 0.717) is 0 Å². The highest BCUT2D eigenvalue weighted by atomic mass is 32.2. The molecule has 0 aliphatic rings. The first kappa shape index (κ1) is 11.9. The second-order valence-electron chi connectivity index (χ2n) is 2.69. The van der Waals surface area contributed by atoms with Gasteiger partial charge in [0.15, 0.2) is 0 Å². The smallest absolute Gasteiger partial charge is 0.416 e. The molecule has 0 spiro atoms. The summed E-state index contributed by atoms with van der Waals surface area (Å²) in [5.74, 6) is -1.67. The third-order valence-corrected chi connectivity index (χ3v) is 2.49. The Labute approximate surface area is 88.1 Å². The minimum atomic E-state index is -4.40. The number of carboxylic acid groups (broad SMARTS) is 1. The van der Waals surface area contributed by atoms with Crippen LogP contribution in [0, 0.1) is 0 Å². The van der Waals surface area contributed by atoms with Crippen LogP contribution >= 0.6 is 11.8 Å². The maximum atomic E-state index is 12.2. The Kier molecular flexibility index (Phi) is 3.62. The van der Waals surface area contributed by atoms with E-state index in [4.69, 9.17) is 0 Å². The lowest BCUT2D eigenvalue weighted by Crippen LogP contribution is -2.24. The number of hydrogen-bond donors (Lipinski definition) is 0. The molecule has 1 rings (SSSR count). The number of thioether (sulfide) groups is 1. The average Bonchev–Trinajstić information content (AvgIpc) is 2.14. The van der Waals surface area contributed by atoms with Gasteiger partial charge in [0.05, 0.1) is 11.5 Å². The number of carbonyl (C=O) groups is 1. The zero-order valence-electron chi connectivity index (χ0n) is 7.38. The van der Waals surface area contributed by atoms with Crippen molar-refractivity contribution < 1.29 is 23.1 Å². The van der Waals surface area contributed by atoms with Crippen LogP contribution in [0.2, 0.25) is 0 Å². The van der Waals surface area contributed by atoms with Crippen molar-refractivity contribution in [1.82, 2.24) is 0 Å². The fourth-order valence-electron chi connectivity index (χ4n) is 0.904. The Bertz CT molecular complexity index is 363. The summed E-state index contributed by atoms with van der Waals surface area (Å²) in [6.07, 6.45) is -4.40. The van der Waals surface area contributed by atoms with Gasteiger partial charge in [0.1, 0.15) is 0 Å². The maximum absolute atomic E-state index is 12.2. The predicted octanol–water partition coefficient (Wildman–Crippen LogP) is 1.55. The van der Waals surface area contributed by atoms with Crippen molar-refractivity contribution in [3.05, 3.63) is 29.8 Å². The average molecular weight is 235 g/mol. The van der Waals surface area contributed by atoms with Gasteiger partial charge in [-0.05, 0) is 18.2 Å². The molecule has 0 heterocycles. The SMILES string of the molecule is O=C([O-])CSc1cccc(C(F)(F)F)c1. The monoisotopic (exact) mass is 235 g/mol. The van der Waals surface area contributed by atoms with E-state index in [2.05, 4.69) is 0 Å². The van der Waals surface area contributed by atoms with E-state index in [1.165, 1.54) is 12.1 Å². The molecule has 0 aliphatic carbocycles. The highest BCUT2D eigenvalue weighted by Crippen LogP contribution is 2.31. The third-order valence-electron chi connectivity index (χ3n) is 1.52. The topological polar surface area (TPSA) is 40.1 Å². The van der Waals surface area contributed by atoms with E-state index < -0.39 is 17.7 Å². The molecule has 0 atom stereocenters. The Morgan fingerprint density at radius 3 is 2.60 bits per heavy atom. The van der Waals surface area contributed by atoms with Crippen LogP contribution in [-0.4, -0.2) is 11.7 Å². The van der Waals surface area contributed by atoms with Gasteiger partial charge >= 0.3 is 6.18 Å². The number of rotatable bonds is 3. The number of benzene rings is 1. The van der Waals surface area contributed by atoms with Crippen molar-refractivity contribution in [2.24, 2.45) is 0 Å². The molecule has 0 amide bonds. The molecule has 0 bridgehead atoms. The van der Waals surface area contributed by atoms with Crippen LogP contribution in [0.5, 0.6) is 0 Å². The molecule has 0 fully saturated rings. The summed E-state index contributed by atoms with van der Waals surface area (Å²) in [5, 5.41) is 10.1. The van der Waals surface area contributed by atoms with Crippen LogP contribution < -0.4 is 5.11 Å². The molecule has 82 valence electrons. The fraction of sp³-hybridized carbons (Fsp3) is 0.222. The van der Waals surface area contributed by atoms with Gasteiger partial charge in [-0.1, -0.05) is 6.07 Å². The van der Waals surface area contributed by atoms with Crippen LogP contribution in [0.1, 0.15) is 5.56 Å². The number of carboxylic acids is 1. The van der Waals surface area contributed by atoms with Gasteiger partial charge < -0.3 is 9.90 Å². The van der Waals surface area contributed by atoms with Crippen molar-refractivity contribution >= 4 is 17.7 Å². The third kappa shape index (κ3) is 3.83. The molecule has 15 heavy (non-hydrogen) atoms. The van der Waals surface area contributed by atoms with Crippen molar-refractivity contribution in [2.75, 3.05) is 5.75 Å². The summed E-state index contributed by atoms with van der Waals surface area (Å²) in [5.41, 5.74) is -0.786. The van der Waals surface area contributed by atoms with Gasteiger partial charge in [-0.2, -0.15) is 13.2 Å². The molecule has 1 aromatic carbocycles. The molecule has 0 aliphatic heterocycles. The highest BCUT2D eigenvalue weighted by Gasteiger charge is 2.30. The Balaban J connectivity index is 2.79. The molecular formula is C9H6F3O2S-. The van der Waals surface area contributed by atoms with Crippen LogP contribution in [0.4, 0.5) is 13.2 Å². The van der Waals surface area contributed by atoms with Crippen LogP contribution in [-0.2, 0) is 11.0 Å². The highest BCUT2D eigenvalue weighted by molar-refractivity contribution is 8.00. The van der Waals surface area contributed by atoms with E-state index in [1.807, 2.05) is 0 Å². The quantitative estimate of drug-likeness (QED) is 0.746. The first-order chi connectivity index (χ1) is 6.89. The van der Waals surface area contributed by atoms with Crippen molar-refractivity contribution in [3.8, 4) is 0 Å². The number of halogens is 3. The van der Waals surface area contributed by atoms with E-state index in [0.717, 1.165) is 23.9 Å². The minimum absolute atomic E-state index is 0.258. The van der Waals surface area contributed by atoms with E-state index in [9.17, 15) is 23.1 Å². The number of hydrogen-bond acceptors (Lipinski definition) is 3. The number of aliphatic carboxylic acids is 1. The van der Waals surface area contributed by atoms with Gasteiger partial charge in [-0.25, -0.2) is 0 Å². The molecule has 0 unspecified atom stereocenters. The number of carbonyl (C=O) groups excluding carboxylic acids is 1. The maximum Gasteiger partial charge on any atom is 0.416 e. The van der Waals surface area contributed by atoms with Crippen molar-refractivity contribution in [3.63, 3.8) is 0 Å². The Hall–Kier alpha value is -1.17. The number of alkyl halides is 3.